The quantitative estimate of drug-likeness (QED) is 0.881. The first-order valence-electron chi connectivity index (χ1n) is 7.38. The molecule has 2 nitrogen and oxygen atoms in total. The molecule has 2 fully saturated rings. The van der Waals surface area contributed by atoms with Gasteiger partial charge in [-0.15, -0.1) is 0 Å². The van der Waals surface area contributed by atoms with E-state index in [9.17, 15) is 4.39 Å². The van der Waals surface area contributed by atoms with Crippen molar-refractivity contribution in [3.8, 4) is 0 Å². The molecular weight excluding hydrogens is 241 g/mol. The number of hydrogen-bond donors (Lipinski definition) is 1. The van der Waals surface area contributed by atoms with E-state index in [0.717, 1.165) is 25.7 Å². The van der Waals surface area contributed by atoms with Crippen LogP contribution in [0.5, 0.6) is 0 Å². The zero-order valence-corrected chi connectivity index (χ0v) is 11.3. The topological polar surface area (TPSA) is 21.3 Å². The molecule has 19 heavy (non-hydrogen) atoms. The average molecular weight is 263 g/mol. The second-order valence-corrected chi connectivity index (χ2v) is 5.89. The van der Waals surface area contributed by atoms with E-state index in [2.05, 4.69) is 5.32 Å². The van der Waals surface area contributed by atoms with Crippen LogP contribution in [0.3, 0.4) is 0 Å². The fourth-order valence-electron chi connectivity index (χ4n) is 3.09. The van der Waals surface area contributed by atoms with Gasteiger partial charge in [-0.25, -0.2) is 4.39 Å². The van der Waals surface area contributed by atoms with E-state index in [4.69, 9.17) is 4.74 Å². The largest absolute Gasteiger partial charge is 0.381 e. The minimum absolute atomic E-state index is 0.142. The Morgan fingerprint density at radius 1 is 1.21 bits per heavy atom. The van der Waals surface area contributed by atoms with E-state index < -0.39 is 0 Å². The van der Waals surface area contributed by atoms with Gasteiger partial charge in [0.1, 0.15) is 5.82 Å². The average Bonchev–Trinajstić information content (AvgIpc) is 2.87. The van der Waals surface area contributed by atoms with Crippen molar-refractivity contribution < 1.29 is 9.13 Å². The van der Waals surface area contributed by atoms with Gasteiger partial charge in [0.05, 0.1) is 0 Å². The smallest absolute Gasteiger partial charge is 0.123 e. The maximum absolute atomic E-state index is 12.8. The first-order valence-corrected chi connectivity index (χ1v) is 7.38. The number of nitrogens with one attached hydrogen (secondary N) is 1. The van der Waals surface area contributed by atoms with Gasteiger partial charge in [0.15, 0.2) is 0 Å². The van der Waals surface area contributed by atoms with Crippen molar-refractivity contribution in [1.29, 1.82) is 0 Å². The molecule has 3 rings (SSSR count). The van der Waals surface area contributed by atoms with E-state index in [1.54, 1.807) is 12.1 Å². The van der Waals surface area contributed by atoms with Crippen molar-refractivity contribution in [2.24, 2.45) is 5.92 Å². The van der Waals surface area contributed by atoms with Crippen molar-refractivity contribution in [1.82, 2.24) is 5.32 Å². The molecule has 0 radical (unpaired) electrons. The summed E-state index contributed by atoms with van der Waals surface area (Å²) in [4.78, 5) is 0. The van der Waals surface area contributed by atoms with Gasteiger partial charge in [0, 0.05) is 19.3 Å². The molecule has 1 saturated heterocycles. The van der Waals surface area contributed by atoms with Crippen LogP contribution in [0.15, 0.2) is 24.3 Å². The van der Waals surface area contributed by atoms with Gasteiger partial charge in [-0.3, -0.25) is 0 Å². The number of hydrogen-bond acceptors (Lipinski definition) is 2. The van der Waals surface area contributed by atoms with Crippen LogP contribution in [0.4, 0.5) is 4.39 Å². The van der Waals surface area contributed by atoms with Gasteiger partial charge in [-0.1, -0.05) is 12.1 Å². The monoisotopic (exact) mass is 263 g/mol. The predicted octanol–water partition coefficient (Wildman–Crippen LogP) is 3.09. The van der Waals surface area contributed by atoms with Crippen molar-refractivity contribution >= 4 is 0 Å². The van der Waals surface area contributed by atoms with Gasteiger partial charge in [-0.05, 0) is 61.8 Å². The summed E-state index contributed by atoms with van der Waals surface area (Å²) in [6.07, 6.45) is 4.84. The highest BCUT2D eigenvalue weighted by molar-refractivity contribution is 5.23. The van der Waals surface area contributed by atoms with Gasteiger partial charge < -0.3 is 10.1 Å². The standard InChI is InChI=1S/C16H22FNO/c17-15-3-1-13(2-4-15)14-9-16(10-14)18-7-5-12-6-8-19-11-12/h1-4,12,14,16,18H,5-11H2. The van der Waals surface area contributed by atoms with Gasteiger partial charge >= 0.3 is 0 Å². The van der Waals surface area contributed by atoms with Gasteiger partial charge in [0.2, 0.25) is 0 Å². The molecular formula is C16H22FNO. The second-order valence-electron chi connectivity index (χ2n) is 5.89. The molecule has 1 atom stereocenters. The zero-order chi connectivity index (χ0) is 13.1. The lowest BCUT2D eigenvalue weighted by molar-refractivity contribution is 0.183. The maximum atomic E-state index is 12.8. The van der Waals surface area contributed by atoms with Crippen LogP contribution in [0.1, 0.15) is 37.2 Å². The Kier molecular flexibility index (Phi) is 4.14. The molecule has 0 aromatic heterocycles. The molecule has 0 amide bonds. The van der Waals surface area contributed by atoms with Crippen LogP contribution in [0.25, 0.3) is 0 Å². The summed E-state index contributed by atoms with van der Waals surface area (Å²) in [6.45, 7) is 3.00. The van der Waals surface area contributed by atoms with E-state index in [0.29, 0.717) is 12.0 Å². The molecule has 1 unspecified atom stereocenters. The molecule has 1 aromatic carbocycles. The number of halogens is 1. The SMILES string of the molecule is Fc1ccc(C2CC(NCCC3CCOC3)C2)cc1. The van der Waals surface area contributed by atoms with E-state index in [-0.39, 0.29) is 5.82 Å². The summed E-state index contributed by atoms with van der Waals surface area (Å²) >= 11 is 0. The summed E-state index contributed by atoms with van der Waals surface area (Å²) in [5, 5.41) is 3.63. The van der Waals surface area contributed by atoms with Crippen LogP contribution in [0, 0.1) is 11.7 Å². The number of rotatable bonds is 5. The van der Waals surface area contributed by atoms with Crippen LogP contribution in [-0.4, -0.2) is 25.8 Å². The summed E-state index contributed by atoms with van der Waals surface area (Å²) in [7, 11) is 0. The Labute approximate surface area is 114 Å². The Morgan fingerprint density at radius 3 is 2.68 bits per heavy atom. The predicted molar refractivity (Wildman–Crippen MR) is 73.7 cm³/mol. The molecule has 0 bridgehead atoms. The maximum Gasteiger partial charge on any atom is 0.123 e. The Bertz CT molecular complexity index is 394. The van der Waals surface area contributed by atoms with E-state index in [1.165, 1.54) is 31.2 Å². The molecule has 1 heterocycles. The highest BCUT2D eigenvalue weighted by Crippen LogP contribution is 2.36. The fraction of sp³-hybridized carbons (Fsp3) is 0.625. The lowest BCUT2D eigenvalue weighted by Gasteiger charge is -2.36. The van der Waals surface area contributed by atoms with Crippen molar-refractivity contribution in [3.05, 3.63) is 35.6 Å². The van der Waals surface area contributed by atoms with E-state index in [1.807, 2.05) is 12.1 Å². The van der Waals surface area contributed by atoms with Crippen molar-refractivity contribution in [2.75, 3.05) is 19.8 Å². The highest BCUT2D eigenvalue weighted by atomic mass is 19.1. The first-order chi connectivity index (χ1) is 9.31. The highest BCUT2D eigenvalue weighted by Gasteiger charge is 2.29. The molecule has 3 heteroatoms. The summed E-state index contributed by atoms with van der Waals surface area (Å²) < 4.78 is 18.2. The normalized spacial score (nSPS) is 30.3. The summed E-state index contributed by atoms with van der Waals surface area (Å²) in [6, 6.07) is 7.63. The van der Waals surface area contributed by atoms with Crippen LogP contribution >= 0.6 is 0 Å². The first kappa shape index (κ1) is 13.1. The Hall–Kier alpha value is -0.930. The van der Waals surface area contributed by atoms with Gasteiger partial charge in [0.25, 0.3) is 0 Å². The third kappa shape index (κ3) is 3.34. The lowest BCUT2D eigenvalue weighted by atomic mass is 9.76. The van der Waals surface area contributed by atoms with Crippen LogP contribution < -0.4 is 5.32 Å². The van der Waals surface area contributed by atoms with Gasteiger partial charge in [-0.2, -0.15) is 0 Å². The molecule has 1 N–H and O–H groups in total. The van der Waals surface area contributed by atoms with Crippen LogP contribution in [-0.2, 0) is 4.74 Å². The molecule has 1 aliphatic carbocycles. The van der Waals surface area contributed by atoms with Crippen LogP contribution in [0.2, 0.25) is 0 Å². The third-order valence-corrected chi connectivity index (χ3v) is 4.49. The Morgan fingerprint density at radius 2 is 2.00 bits per heavy atom. The molecule has 0 spiro atoms. The summed E-state index contributed by atoms with van der Waals surface area (Å²) in [5.41, 5.74) is 1.28. The minimum Gasteiger partial charge on any atom is -0.381 e. The summed E-state index contributed by atoms with van der Waals surface area (Å²) in [5.74, 6) is 1.24. The molecule has 1 saturated carbocycles. The third-order valence-electron chi connectivity index (χ3n) is 4.49. The zero-order valence-electron chi connectivity index (χ0n) is 11.3. The lowest BCUT2D eigenvalue weighted by Crippen LogP contribution is -2.40. The molecule has 1 aromatic rings. The van der Waals surface area contributed by atoms with Crippen molar-refractivity contribution in [2.45, 2.75) is 37.6 Å². The minimum atomic E-state index is -0.142. The van der Waals surface area contributed by atoms with Crippen molar-refractivity contribution in [3.63, 3.8) is 0 Å². The number of ether oxygens (including phenoxy) is 1. The Balaban J connectivity index is 1.34. The molecule has 1 aliphatic heterocycles. The van der Waals surface area contributed by atoms with E-state index >= 15 is 0 Å². The number of benzene rings is 1. The fourth-order valence-corrected chi connectivity index (χ4v) is 3.09. The second kappa shape index (κ2) is 6.02. The molecule has 104 valence electrons. The molecule has 2 aliphatic rings.